The van der Waals surface area contributed by atoms with Crippen molar-refractivity contribution in [2.24, 2.45) is 0 Å². The number of rotatable bonds is 7. The number of anilines is 3. The van der Waals surface area contributed by atoms with E-state index in [9.17, 15) is 8.78 Å². The van der Waals surface area contributed by atoms with Gasteiger partial charge >= 0.3 is 0 Å². The summed E-state index contributed by atoms with van der Waals surface area (Å²) in [5.41, 5.74) is 2.32. The summed E-state index contributed by atoms with van der Waals surface area (Å²) < 4.78 is 38.3. The molecule has 0 radical (unpaired) electrons. The van der Waals surface area contributed by atoms with E-state index in [-0.39, 0.29) is 6.99 Å². The fourth-order valence-electron chi connectivity index (χ4n) is 4.11. The van der Waals surface area contributed by atoms with E-state index in [2.05, 4.69) is 25.2 Å². The van der Waals surface area contributed by atoms with Gasteiger partial charge in [0.05, 0.1) is 32.1 Å². The van der Waals surface area contributed by atoms with Crippen molar-refractivity contribution in [1.82, 2.24) is 19.7 Å². The van der Waals surface area contributed by atoms with Crippen LogP contribution in [-0.4, -0.2) is 72.2 Å². The quantitative estimate of drug-likeness (QED) is 0.579. The zero-order valence-electron chi connectivity index (χ0n) is 18.3. The van der Waals surface area contributed by atoms with Gasteiger partial charge in [-0.25, -0.2) is 13.5 Å². The normalized spacial score (nSPS) is 17.3. The fourth-order valence-corrected chi connectivity index (χ4v) is 4.11. The molecule has 176 valence electrons. The van der Waals surface area contributed by atoms with E-state index in [1.54, 1.807) is 19.2 Å². The van der Waals surface area contributed by atoms with Crippen LogP contribution in [-0.2, 0) is 4.74 Å². The largest absolute Gasteiger partial charge is 0.497 e. The number of hydrogen-bond donors (Lipinski definition) is 1. The predicted octanol–water partition coefficient (Wildman–Crippen LogP) is 3.72. The number of nitrogens with one attached hydrogen (secondary N) is 1. The van der Waals surface area contributed by atoms with Gasteiger partial charge < -0.3 is 19.7 Å². The summed E-state index contributed by atoms with van der Waals surface area (Å²) in [6.45, 7) is 5.51. The van der Waals surface area contributed by atoms with E-state index in [0.717, 1.165) is 56.5 Å². The molecule has 0 unspecified atom stereocenters. The van der Waals surface area contributed by atoms with Crippen molar-refractivity contribution < 1.29 is 19.7 Å². The number of ether oxygens (including phenoxy) is 2. The van der Waals surface area contributed by atoms with Gasteiger partial charge in [-0.15, -0.1) is 5.10 Å². The third-order valence-electron chi connectivity index (χ3n) is 6.08. The first-order valence-corrected chi connectivity index (χ1v) is 10.9. The number of piperazine rings is 1. The molecule has 1 N–H and O–H groups in total. The van der Waals surface area contributed by atoms with Crippen LogP contribution in [0.1, 0.15) is 13.4 Å². The number of nitrogens with zero attached hydrogens (tertiary/aromatic N) is 5. The Kier molecular flexibility index (Phi) is 6.10. The van der Waals surface area contributed by atoms with E-state index in [1.807, 2.05) is 18.2 Å². The van der Waals surface area contributed by atoms with E-state index < -0.39 is 6.43 Å². The molecule has 5 rings (SSSR count). The van der Waals surface area contributed by atoms with Crippen LogP contribution in [0.15, 0.2) is 48.8 Å². The molecule has 2 aromatic carbocycles. The second-order valence-electron chi connectivity index (χ2n) is 8.17. The maximum atomic E-state index is 13.0. The maximum absolute atomic E-state index is 13.0. The molecule has 0 amide bonds. The van der Waals surface area contributed by atoms with E-state index in [4.69, 9.17) is 9.47 Å². The third kappa shape index (κ3) is 4.76. The standard InChI is InChI=1S/C23H26F2N6O2.H2/c1-32-21-11-17(10-19(12-21)29-5-7-30(8-6-29)20-13-33-14-20)27-23-26-15-31(28-23)18-4-2-3-16(9-18)22(24)25;/h2-4,9-12,15,20,22H,5-8,13-14H2,1H3,(H,27,28);1H. The average Bonchev–Trinajstić information content (AvgIpc) is 3.27. The molecule has 2 aliphatic heterocycles. The lowest BCUT2D eigenvalue weighted by Crippen LogP contribution is -2.56. The number of aromatic nitrogens is 3. The Hall–Kier alpha value is -3.24. The van der Waals surface area contributed by atoms with Crippen molar-refractivity contribution >= 4 is 17.3 Å². The van der Waals surface area contributed by atoms with Crippen molar-refractivity contribution in [1.29, 1.82) is 0 Å². The van der Waals surface area contributed by atoms with Gasteiger partial charge in [-0.1, -0.05) is 12.1 Å². The van der Waals surface area contributed by atoms with Crippen LogP contribution in [0, 0.1) is 0 Å². The Morgan fingerprint density at radius 3 is 2.61 bits per heavy atom. The van der Waals surface area contributed by atoms with Crippen LogP contribution in [0.5, 0.6) is 5.75 Å². The number of halogens is 2. The summed E-state index contributed by atoms with van der Waals surface area (Å²) in [5, 5.41) is 7.60. The number of hydrogen-bond acceptors (Lipinski definition) is 7. The van der Waals surface area contributed by atoms with Crippen LogP contribution >= 0.6 is 0 Å². The fraction of sp³-hybridized carbons (Fsp3) is 0.391. The molecule has 2 fully saturated rings. The summed E-state index contributed by atoms with van der Waals surface area (Å²) in [6, 6.07) is 12.6. The molecule has 3 aromatic rings. The molecule has 1 aromatic heterocycles. The molecule has 2 aliphatic rings. The Balaban J connectivity index is 0.00000274. The van der Waals surface area contributed by atoms with Crippen molar-refractivity contribution in [3.63, 3.8) is 0 Å². The smallest absolute Gasteiger partial charge is 0.263 e. The average molecular weight is 459 g/mol. The van der Waals surface area contributed by atoms with E-state index in [0.29, 0.717) is 17.7 Å². The molecule has 3 heterocycles. The second kappa shape index (κ2) is 9.32. The van der Waals surface area contributed by atoms with Crippen LogP contribution in [0.4, 0.5) is 26.1 Å². The molecular formula is C23H28F2N6O2. The molecule has 10 heteroatoms. The van der Waals surface area contributed by atoms with Gasteiger partial charge in [-0.05, 0) is 18.2 Å². The first kappa shape index (κ1) is 21.6. The van der Waals surface area contributed by atoms with Crippen molar-refractivity contribution in [2.75, 3.05) is 56.7 Å². The minimum Gasteiger partial charge on any atom is -0.497 e. The highest BCUT2D eigenvalue weighted by Crippen LogP contribution is 2.30. The zero-order valence-corrected chi connectivity index (χ0v) is 18.3. The summed E-state index contributed by atoms with van der Waals surface area (Å²) in [4.78, 5) is 9.11. The molecule has 2 saturated heterocycles. The van der Waals surface area contributed by atoms with Crippen LogP contribution in [0.25, 0.3) is 5.69 Å². The number of alkyl halides is 2. The Bertz CT molecular complexity index is 1100. The first-order chi connectivity index (χ1) is 16.1. The highest BCUT2D eigenvalue weighted by atomic mass is 19.3. The highest BCUT2D eigenvalue weighted by molar-refractivity contribution is 5.66. The van der Waals surface area contributed by atoms with Crippen LogP contribution < -0.4 is 15.0 Å². The Morgan fingerprint density at radius 1 is 1.09 bits per heavy atom. The number of benzene rings is 2. The Labute approximate surface area is 192 Å². The lowest BCUT2D eigenvalue weighted by atomic mass is 10.1. The molecule has 0 spiro atoms. The summed E-state index contributed by atoms with van der Waals surface area (Å²) >= 11 is 0. The zero-order chi connectivity index (χ0) is 22.8. The van der Waals surface area contributed by atoms with Gasteiger partial charge in [0.25, 0.3) is 6.43 Å². The minimum absolute atomic E-state index is 0. The lowest BCUT2D eigenvalue weighted by Gasteiger charge is -2.43. The molecular weight excluding hydrogens is 430 g/mol. The van der Waals surface area contributed by atoms with Crippen LogP contribution in [0.2, 0.25) is 0 Å². The first-order valence-electron chi connectivity index (χ1n) is 10.9. The molecule has 0 atom stereocenters. The molecule has 0 aliphatic carbocycles. The lowest BCUT2D eigenvalue weighted by molar-refractivity contribution is -0.0660. The molecule has 33 heavy (non-hydrogen) atoms. The second-order valence-corrected chi connectivity index (χ2v) is 8.17. The minimum atomic E-state index is -2.54. The van der Waals surface area contributed by atoms with Gasteiger partial charge in [0.15, 0.2) is 0 Å². The van der Waals surface area contributed by atoms with Gasteiger partial charge in [0, 0.05) is 56.7 Å². The van der Waals surface area contributed by atoms with Gasteiger partial charge in [0.2, 0.25) is 5.95 Å². The Morgan fingerprint density at radius 2 is 1.91 bits per heavy atom. The van der Waals surface area contributed by atoms with Crippen molar-refractivity contribution in [2.45, 2.75) is 12.5 Å². The third-order valence-corrected chi connectivity index (χ3v) is 6.08. The topological polar surface area (TPSA) is 67.7 Å². The van der Waals surface area contributed by atoms with Crippen molar-refractivity contribution in [3.8, 4) is 11.4 Å². The molecule has 8 nitrogen and oxygen atoms in total. The van der Waals surface area contributed by atoms with E-state index in [1.165, 1.54) is 23.1 Å². The molecule has 0 saturated carbocycles. The predicted molar refractivity (Wildman–Crippen MR) is 123 cm³/mol. The van der Waals surface area contributed by atoms with Crippen molar-refractivity contribution in [3.05, 3.63) is 54.4 Å². The number of methoxy groups -OCH3 is 1. The molecule has 0 bridgehead atoms. The maximum Gasteiger partial charge on any atom is 0.263 e. The van der Waals surface area contributed by atoms with Crippen LogP contribution in [0.3, 0.4) is 0 Å². The summed E-state index contributed by atoms with van der Waals surface area (Å²) in [6.07, 6.45) is -1.04. The SMILES string of the molecule is COc1cc(Nc2ncn(-c3cccc(C(F)F)c3)n2)cc(N2CCN(C3COC3)CC2)c1.[HH]. The highest BCUT2D eigenvalue weighted by Gasteiger charge is 2.29. The van der Waals surface area contributed by atoms with Gasteiger partial charge in [-0.2, -0.15) is 4.98 Å². The van der Waals surface area contributed by atoms with Gasteiger partial charge in [0.1, 0.15) is 12.1 Å². The summed E-state index contributed by atoms with van der Waals surface area (Å²) in [7, 11) is 1.64. The monoisotopic (exact) mass is 458 g/mol. The van der Waals surface area contributed by atoms with E-state index >= 15 is 0 Å². The van der Waals surface area contributed by atoms with Gasteiger partial charge in [-0.3, -0.25) is 4.90 Å². The summed E-state index contributed by atoms with van der Waals surface area (Å²) in [5.74, 6) is 1.10.